The molecule has 5 nitrogen and oxygen atoms in total. The number of carbonyl (C=O) groups is 1. The molecule has 1 aromatic carbocycles. The van der Waals surface area contributed by atoms with Gasteiger partial charge in [-0.1, -0.05) is 29.8 Å². The first-order valence-corrected chi connectivity index (χ1v) is 6.89. The molecule has 1 aromatic heterocycles. The standard InChI is InChI=1S/C15H16N2O3S/c1-9-3-5-11(6-4-9)8-17-14(20)12(7-13(18)19)10(2)16-15(17)21/h3-6H,7-8H2,1-2H3,(H,16,21)(H,18,19). The minimum absolute atomic E-state index is 0.239. The molecule has 0 atom stereocenters. The molecule has 2 N–H and O–H groups in total. The Bertz CT molecular complexity index is 788. The van der Waals surface area contributed by atoms with Crippen molar-refractivity contribution in [2.75, 3.05) is 0 Å². The maximum absolute atomic E-state index is 12.4. The third-order valence-electron chi connectivity index (χ3n) is 3.28. The third kappa shape index (κ3) is 3.46. The quantitative estimate of drug-likeness (QED) is 0.849. The topological polar surface area (TPSA) is 75.1 Å². The van der Waals surface area contributed by atoms with Crippen LogP contribution in [-0.2, 0) is 17.8 Å². The van der Waals surface area contributed by atoms with E-state index in [2.05, 4.69) is 4.98 Å². The fraction of sp³-hybridized carbons (Fsp3) is 0.267. The second kappa shape index (κ2) is 6.05. The molecule has 0 aliphatic carbocycles. The van der Waals surface area contributed by atoms with E-state index < -0.39 is 5.97 Å². The SMILES string of the molecule is Cc1ccc(Cn2c(=S)[nH]c(C)c(CC(=O)O)c2=O)cc1. The van der Waals surface area contributed by atoms with Crippen molar-refractivity contribution in [1.29, 1.82) is 0 Å². The molecule has 0 aliphatic heterocycles. The summed E-state index contributed by atoms with van der Waals surface area (Å²) >= 11 is 5.19. The van der Waals surface area contributed by atoms with Crippen LogP contribution in [0, 0.1) is 18.6 Å². The number of H-pyrrole nitrogens is 1. The van der Waals surface area contributed by atoms with Crippen molar-refractivity contribution in [3.05, 3.63) is 61.8 Å². The molecule has 21 heavy (non-hydrogen) atoms. The third-order valence-corrected chi connectivity index (χ3v) is 3.61. The first-order chi connectivity index (χ1) is 9.88. The minimum Gasteiger partial charge on any atom is -0.481 e. The summed E-state index contributed by atoms with van der Waals surface area (Å²) in [4.78, 5) is 26.2. The van der Waals surface area contributed by atoms with Gasteiger partial charge >= 0.3 is 5.97 Å². The van der Waals surface area contributed by atoms with Gasteiger partial charge in [0.15, 0.2) is 4.77 Å². The number of benzene rings is 1. The molecule has 110 valence electrons. The first kappa shape index (κ1) is 15.2. The molecular formula is C15H16N2O3S. The van der Waals surface area contributed by atoms with E-state index in [1.807, 2.05) is 31.2 Å². The fourth-order valence-electron chi connectivity index (χ4n) is 2.10. The molecule has 0 aliphatic rings. The molecule has 0 unspecified atom stereocenters. The van der Waals surface area contributed by atoms with Gasteiger partial charge in [0.2, 0.25) is 0 Å². The molecule has 6 heteroatoms. The largest absolute Gasteiger partial charge is 0.481 e. The monoisotopic (exact) mass is 304 g/mol. The van der Waals surface area contributed by atoms with Crippen LogP contribution < -0.4 is 5.56 Å². The highest BCUT2D eigenvalue weighted by atomic mass is 32.1. The Labute approximate surface area is 126 Å². The molecule has 1 heterocycles. The highest BCUT2D eigenvalue weighted by molar-refractivity contribution is 7.71. The number of nitrogens with zero attached hydrogens (tertiary/aromatic N) is 1. The number of aliphatic carboxylic acids is 1. The molecule has 0 bridgehead atoms. The van der Waals surface area contributed by atoms with Gasteiger partial charge in [-0.25, -0.2) is 0 Å². The number of nitrogens with one attached hydrogen (secondary N) is 1. The van der Waals surface area contributed by atoms with E-state index in [0.717, 1.165) is 11.1 Å². The molecular weight excluding hydrogens is 288 g/mol. The Kier molecular flexibility index (Phi) is 4.37. The molecule has 0 spiro atoms. The number of carboxylic acid groups (broad SMARTS) is 1. The van der Waals surface area contributed by atoms with Gasteiger partial charge in [0, 0.05) is 11.3 Å². The smallest absolute Gasteiger partial charge is 0.308 e. The summed E-state index contributed by atoms with van der Waals surface area (Å²) in [5.74, 6) is -1.04. The Balaban J connectivity index is 2.48. The maximum Gasteiger partial charge on any atom is 0.308 e. The normalized spacial score (nSPS) is 10.6. The van der Waals surface area contributed by atoms with E-state index in [1.54, 1.807) is 6.92 Å². The molecule has 0 saturated carbocycles. The van der Waals surface area contributed by atoms with Gasteiger partial charge in [0.05, 0.1) is 13.0 Å². The van der Waals surface area contributed by atoms with Gasteiger partial charge in [0.25, 0.3) is 5.56 Å². The number of hydrogen-bond donors (Lipinski definition) is 2. The summed E-state index contributed by atoms with van der Waals surface area (Å²) in [6.45, 7) is 3.96. The van der Waals surface area contributed by atoms with E-state index in [9.17, 15) is 9.59 Å². The lowest BCUT2D eigenvalue weighted by Crippen LogP contribution is -2.28. The molecule has 2 aromatic rings. The molecule has 0 amide bonds. The van der Waals surface area contributed by atoms with Crippen LogP contribution in [0.15, 0.2) is 29.1 Å². The Morgan fingerprint density at radius 1 is 1.29 bits per heavy atom. The van der Waals surface area contributed by atoms with E-state index in [0.29, 0.717) is 17.0 Å². The van der Waals surface area contributed by atoms with Crippen LogP contribution in [-0.4, -0.2) is 20.6 Å². The van der Waals surface area contributed by atoms with Crippen LogP contribution in [0.2, 0.25) is 0 Å². The zero-order valence-corrected chi connectivity index (χ0v) is 12.7. The van der Waals surface area contributed by atoms with Crippen molar-refractivity contribution in [3.8, 4) is 0 Å². The highest BCUT2D eigenvalue weighted by Crippen LogP contribution is 2.07. The number of aromatic amines is 1. The van der Waals surface area contributed by atoms with Crippen LogP contribution in [0.5, 0.6) is 0 Å². The van der Waals surface area contributed by atoms with E-state index in [4.69, 9.17) is 17.3 Å². The predicted octanol–water partition coefficient (Wildman–Crippen LogP) is 2.20. The summed E-state index contributed by atoms with van der Waals surface area (Å²) in [5, 5.41) is 8.91. The van der Waals surface area contributed by atoms with E-state index in [1.165, 1.54) is 4.57 Å². The van der Waals surface area contributed by atoms with Crippen molar-refractivity contribution in [3.63, 3.8) is 0 Å². The second-order valence-corrected chi connectivity index (χ2v) is 5.37. The van der Waals surface area contributed by atoms with Gasteiger partial charge in [-0.15, -0.1) is 0 Å². The Hall–Kier alpha value is -2.21. The van der Waals surface area contributed by atoms with Crippen LogP contribution in [0.3, 0.4) is 0 Å². The summed E-state index contributed by atoms with van der Waals surface area (Å²) in [6.07, 6.45) is -0.315. The second-order valence-electron chi connectivity index (χ2n) is 4.98. The van der Waals surface area contributed by atoms with Crippen LogP contribution in [0.1, 0.15) is 22.4 Å². The zero-order chi connectivity index (χ0) is 15.6. The molecule has 0 radical (unpaired) electrons. The average Bonchev–Trinajstić information content (AvgIpc) is 2.41. The number of aromatic nitrogens is 2. The summed E-state index contributed by atoms with van der Waals surface area (Å²) in [5.41, 5.74) is 2.47. The van der Waals surface area contributed by atoms with Gasteiger partial charge in [-0.2, -0.15) is 0 Å². The first-order valence-electron chi connectivity index (χ1n) is 6.48. The van der Waals surface area contributed by atoms with Crippen LogP contribution in [0.4, 0.5) is 0 Å². The summed E-state index contributed by atoms with van der Waals surface area (Å²) in [6, 6.07) is 7.76. The van der Waals surface area contributed by atoms with Crippen molar-refractivity contribution in [1.82, 2.24) is 9.55 Å². The van der Waals surface area contributed by atoms with Crippen LogP contribution >= 0.6 is 12.2 Å². The molecule has 0 fully saturated rings. The number of hydrogen-bond acceptors (Lipinski definition) is 3. The van der Waals surface area contributed by atoms with Crippen molar-refractivity contribution in [2.24, 2.45) is 0 Å². The fourth-order valence-corrected chi connectivity index (χ4v) is 2.40. The van der Waals surface area contributed by atoms with E-state index >= 15 is 0 Å². The van der Waals surface area contributed by atoms with Crippen LogP contribution in [0.25, 0.3) is 0 Å². The predicted molar refractivity (Wildman–Crippen MR) is 82.2 cm³/mol. The highest BCUT2D eigenvalue weighted by Gasteiger charge is 2.13. The summed E-state index contributed by atoms with van der Waals surface area (Å²) < 4.78 is 1.69. The number of carboxylic acids is 1. The lowest BCUT2D eigenvalue weighted by Gasteiger charge is -2.11. The van der Waals surface area contributed by atoms with Crippen molar-refractivity contribution in [2.45, 2.75) is 26.8 Å². The zero-order valence-electron chi connectivity index (χ0n) is 11.8. The summed E-state index contributed by atoms with van der Waals surface area (Å²) in [7, 11) is 0. The van der Waals surface area contributed by atoms with Crippen molar-refractivity contribution < 1.29 is 9.90 Å². The lowest BCUT2D eigenvalue weighted by atomic mass is 10.1. The van der Waals surface area contributed by atoms with Gasteiger partial charge < -0.3 is 10.1 Å². The van der Waals surface area contributed by atoms with Gasteiger partial charge in [-0.3, -0.25) is 14.2 Å². The Morgan fingerprint density at radius 3 is 2.48 bits per heavy atom. The molecule has 0 saturated heterocycles. The molecule has 2 rings (SSSR count). The average molecular weight is 304 g/mol. The van der Waals surface area contributed by atoms with Gasteiger partial charge in [-0.05, 0) is 31.6 Å². The van der Waals surface area contributed by atoms with Gasteiger partial charge in [0.1, 0.15) is 0 Å². The van der Waals surface area contributed by atoms with E-state index in [-0.39, 0.29) is 17.5 Å². The van der Waals surface area contributed by atoms with Crippen molar-refractivity contribution >= 4 is 18.2 Å². The number of aryl methyl sites for hydroxylation is 2. The maximum atomic E-state index is 12.4. The number of rotatable bonds is 4. The minimum atomic E-state index is -1.04. The Morgan fingerprint density at radius 2 is 1.90 bits per heavy atom. The lowest BCUT2D eigenvalue weighted by molar-refractivity contribution is -0.136.